The van der Waals surface area contributed by atoms with Gasteiger partial charge >= 0.3 is 7.82 Å². The fourth-order valence-electron chi connectivity index (χ4n) is 11.6. The highest BCUT2D eigenvalue weighted by Gasteiger charge is 2.28. The summed E-state index contributed by atoms with van der Waals surface area (Å²) in [7, 11) is 1.59. The highest BCUT2D eigenvalue weighted by Crippen LogP contribution is 2.43. The van der Waals surface area contributed by atoms with Crippen molar-refractivity contribution in [2.45, 2.75) is 405 Å². The van der Waals surface area contributed by atoms with Crippen molar-refractivity contribution < 1.29 is 32.9 Å². The van der Waals surface area contributed by atoms with Gasteiger partial charge in [-0.3, -0.25) is 13.8 Å². The number of allylic oxidation sites excluding steroid dienone is 3. The lowest BCUT2D eigenvalue weighted by Crippen LogP contribution is -2.45. The van der Waals surface area contributed by atoms with Crippen LogP contribution in [0.1, 0.15) is 393 Å². The molecule has 0 bridgehead atoms. The molecular weight excluding hydrogens is 1040 g/mol. The predicted octanol–water partition coefficient (Wildman–Crippen LogP) is 23.8. The molecule has 0 aliphatic rings. The molecule has 8 nitrogen and oxygen atoms in total. The number of phosphoric acid groups is 1. The molecule has 0 aliphatic heterocycles. The largest absolute Gasteiger partial charge is 0.472 e. The van der Waals surface area contributed by atoms with E-state index in [2.05, 4.69) is 31.3 Å². The van der Waals surface area contributed by atoms with Crippen molar-refractivity contribution in [3.63, 3.8) is 0 Å². The van der Waals surface area contributed by atoms with E-state index in [4.69, 9.17) is 9.05 Å². The Morgan fingerprint density at radius 3 is 0.928 bits per heavy atom. The molecule has 0 aromatic carbocycles. The van der Waals surface area contributed by atoms with Crippen LogP contribution >= 0.6 is 7.82 Å². The van der Waals surface area contributed by atoms with E-state index < -0.39 is 20.0 Å². The number of carbonyl (C=O) groups excluding carboxylic acids is 1. The zero-order valence-corrected chi connectivity index (χ0v) is 57.6. The topological polar surface area (TPSA) is 105 Å². The molecule has 3 unspecified atom stereocenters. The van der Waals surface area contributed by atoms with E-state index >= 15 is 0 Å². The van der Waals surface area contributed by atoms with Crippen molar-refractivity contribution in [3.8, 4) is 0 Å². The van der Waals surface area contributed by atoms with Crippen molar-refractivity contribution in [2.75, 3.05) is 40.9 Å². The standard InChI is InChI=1S/C74H147N2O6P/c1-6-8-10-12-14-16-18-20-22-24-26-28-30-32-34-35-36-37-38-39-40-41-42-44-46-48-50-52-54-56-58-60-62-64-66-68-74(78)75-72(71-82-83(79,80)81-70-69-76(3,4)5)73(77)67-65-63-61-59-57-55-53-51-49-47-45-43-33-31-29-27-25-23-21-19-17-15-13-11-9-7-2/h24,26,65,67,72-73,77H,6-23,25,27-64,66,68-71H2,1-5H3,(H-,75,78,79,80)/p+1/b26-24-,67-65+. The molecule has 1 amide bonds. The van der Waals surface area contributed by atoms with Crippen molar-refractivity contribution in [3.05, 3.63) is 24.3 Å². The number of nitrogens with zero attached hydrogens (tertiary/aromatic N) is 1. The molecule has 0 radical (unpaired) electrons. The Hall–Kier alpha value is -1.02. The molecular formula is C74H148N2O6P+. The van der Waals surface area contributed by atoms with Gasteiger partial charge in [-0.05, 0) is 44.9 Å². The van der Waals surface area contributed by atoms with Crippen LogP contribution in [0.15, 0.2) is 24.3 Å². The van der Waals surface area contributed by atoms with Crippen LogP contribution in [-0.2, 0) is 18.4 Å². The Morgan fingerprint density at radius 1 is 0.398 bits per heavy atom. The summed E-state index contributed by atoms with van der Waals surface area (Å²) < 4.78 is 23.9. The number of likely N-dealkylation sites (N-methyl/N-ethyl adjacent to an activating group) is 1. The third kappa shape index (κ3) is 68.3. The first-order valence-corrected chi connectivity index (χ1v) is 38.7. The van der Waals surface area contributed by atoms with E-state index in [1.807, 2.05) is 27.2 Å². The second-order valence-electron chi connectivity index (χ2n) is 27.0. The molecule has 0 saturated heterocycles. The normalized spacial score (nSPS) is 13.7. The highest BCUT2D eigenvalue weighted by molar-refractivity contribution is 7.47. The molecule has 0 aliphatic carbocycles. The summed E-state index contributed by atoms with van der Waals surface area (Å²) >= 11 is 0. The Morgan fingerprint density at radius 2 is 0.651 bits per heavy atom. The van der Waals surface area contributed by atoms with Crippen LogP contribution in [0.5, 0.6) is 0 Å². The van der Waals surface area contributed by atoms with E-state index in [9.17, 15) is 19.4 Å². The Labute approximate surface area is 519 Å². The van der Waals surface area contributed by atoms with Gasteiger partial charge in [0.15, 0.2) is 0 Å². The number of quaternary nitrogens is 1. The van der Waals surface area contributed by atoms with Crippen molar-refractivity contribution in [1.29, 1.82) is 0 Å². The quantitative estimate of drug-likeness (QED) is 0.0243. The van der Waals surface area contributed by atoms with E-state index in [-0.39, 0.29) is 19.1 Å². The van der Waals surface area contributed by atoms with Crippen LogP contribution in [0.25, 0.3) is 0 Å². The number of aliphatic hydroxyl groups is 1. The number of hydrogen-bond donors (Lipinski definition) is 3. The fraction of sp³-hybridized carbons (Fsp3) is 0.932. The predicted molar refractivity (Wildman–Crippen MR) is 365 cm³/mol. The van der Waals surface area contributed by atoms with Gasteiger partial charge in [0.25, 0.3) is 0 Å². The Bertz CT molecular complexity index is 1400. The van der Waals surface area contributed by atoms with Gasteiger partial charge in [0, 0.05) is 6.42 Å². The third-order valence-electron chi connectivity index (χ3n) is 17.4. The Balaban J connectivity index is 3.97. The minimum atomic E-state index is -4.35. The first-order chi connectivity index (χ1) is 40.5. The minimum absolute atomic E-state index is 0.0647. The molecule has 0 aromatic heterocycles. The highest BCUT2D eigenvalue weighted by atomic mass is 31.2. The summed E-state index contributed by atoms with van der Waals surface area (Å²) in [6.07, 6.45) is 86.3. The van der Waals surface area contributed by atoms with E-state index in [1.165, 1.54) is 340 Å². The van der Waals surface area contributed by atoms with Crippen molar-refractivity contribution in [1.82, 2.24) is 5.32 Å². The smallest absolute Gasteiger partial charge is 0.387 e. The van der Waals surface area contributed by atoms with Crippen molar-refractivity contribution in [2.24, 2.45) is 0 Å². The number of amides is 1. The fourth-order valence-corrected chi connectivity index (χ4v) is 12.4. The first kappa shape index (κ1) is 82.0. The summed E-state index contributed by atoms with van der Waals surface area (Å²) in [5.74, 6) is -0.167. The summed E-state index contributed by atoms with van der Waals surface area (Å²) in [5.41, 5.74) is 0. The van der Waals surface area contributed by atoms with Crippen LogP contribution in [0.3, 0.4) is 0 Å². The average molecular weight is 1190 g/mol. The van der Waals surface area contributed by atoms with Crippen LogP contribution < -0.4 is 5.32 Å². The number of unbranched alkanes of at least 4 members (excludes halogenated alkanes) is 55. The van der Waals surface area contributed by atoms with E-state index in [0.717, 1.165) is 32.1 Å². The Kier molecular flexibility index (Phi) is 64.6. The van der Waals surface area contributed by atoms with E-state index in [1.54, 1.807) is 6.08 Å². The molecule has 0 rings (SSSR count). The number of hydrogen-bond acceptors (Lipinski definition) is 5. The maximum atomic E-state index is 13.1. The molecule has 0 spiro atoms. The van der Waals surface area contributed by atoms with Gasteiger partial charge in [-0.15, -0.1) is 0 Å². The summed E-state index contributed by atoms with van der Waals surface area (Å²) in [5, 5.41) is 14.0. The van der Waals surface area contributed by atoms with Gasteiger partial charge in [-0.1, -0.05) is 366 Å². The monoisotopic (exact) mass is 1190 g/mol. The molecule has 3 atom stereocenters. The number of rotatable bonds is 70. The number of nitrogens with one attached hydrogen (secondary N) is 1. The third-order valence-corrected chi connectivity index (χ3v) is 18.4. The van der Waals surface area contributed by atoms with Gasteiger partial charge in [0.05, 0.1) is 39.9 Å². The molecule has 9 heteroatoms. The van der Waals surface area contributed by atoms with Gasteiger partial charge in [0.2, 0.25) is 5.91 Å². The SMILES string of the molecule is CCCCCCCCCC/C=C\CCCCCCCCCCCCCCCCCCCCCCCCCC(=O)NC(COP(=O)(O)OCC[N+](C)(C)C)C(O)/C=C/CCCCCCCCCCCCCCCCCCCCCCCCCC. The lowest BCUT2D eigenvalue weighted by atomic mass is 10.0. The van der Waals surface area contributed by atoms with Gasteiger partial charge in [0.1, 0.15) is 13.2 Å². The summed E-state index contributed by atoms with van der Waals surface area (Å²) in [4.78, 5) is 23.4. The zero-order chi connectivity index (χ0) is 60.5. The van der Waals surface area contributed by atoms with Gasteiger partial charge in [-0.2, -0.15) is 0 Å². The molecule has 83 heavy (non-hydrogen) atoms. The molecule has 0 aromatic rings. The lowest BCUT2D eigenvalue weighted by molar-refractivity contribution is -0.870. The summed E-state index contributed by atoms with van der Waals surface area (Å²) in [6, 6.07) is -0.845. The maximum absolute atomic E-state index is 13.1. The van der Waals surface area contributed by atoms with Crippen LogP contribution in [0, 0.1) is 0 Å². The second-order valence-corrected chi connectivity index (χ2v) is 28.5. The molecule has 494 valence electrons. The van der Waals surface area contributed by atoms with Gasteiger partial charge in [-0.25, -0.2) is 4.57 Å². The molecule has 0 fully saturated rings. The number of phosphoric ester groups is 1. The first-order valence-electron chi connectivity index (χ1n) is 37.2. The molecule has 0 heterocycles. The van der Waals surface area contributed by atoms with Crippen LogP contribution in [0.2, 0.25) is 0 Å². The second kappa shape index (κ2) is 65.4. The zero-order valence-electron chi connectivity index (χ0n) is 56.7. The van der Waals surface area contributed by atoms with Crippen LogP contribution in [0.4, 0.5) is 0 Å². The van der Waals surface area contributed by atoms with Crippen molar-refractivity contribution >= 4 is 13.7 Å². The number of carbonyl (C=O) groups is 1. The van der Waals surface area contributed by atoms with E-state index in [0.29, 0.717) is 17.4 Å². The number of aliphatic hydroxyl groups excluding tert-OH is 1. The summed E-state index contributed by atoms with van der Waals surface area (Å²) in [6.45, 7) is 4.88. The lowest BCUT2D eigenvalue weighted by Gasteiger charge is -2.25. The maximum Gasteiger partial charge on any atom is 0.472 e. The van der Waals surface area contributed by atoms with Gasteiger partial charge < -0.3 is 19.8 Å². The molecule has 0 saturated carbocycles. The molecule has 3 N–H and O–H groups in total. The average Bonchev–Trinajstić information content (AvgIpc) is 3.49. The van der Waals surface area contributed by atoms with Crippen LogP contribution in [-0.4, -0.2) is 73.4 Å². The minimum Gasteiger partial charge on any atom is -0.387 e.